The third kappa shape index (κ3) is 4.28. The van der Waals surface area contributed by atoms with Crippen LogP contribution in [0.15, 0.2) is 23.7 Å². The summed E-state index contributed by atoms with van der Waals surface area (Å²) >= 11 is 1.86. The topological polar surface area (TPSA) is 53.7 Å². The molecule has 0 spiro atoms. The van der Waals surface area contributed by atoms with E-state index in [2.05, 4.69) is 28.7 Å². The van der Waals surface area contributed by atoms with Crippen molar-refractivity contribution in [1.82, 2.24) is 19.4 Å². The number of piperazine rings is 1. The Hall–Kier alpha value is -1.50. The van der Waals surface area contributed by atoms with Gasteiger partial charge in [0.2, 0.25) is 5.91 Å². The molecule has 1 saturated heterocycles. The first-order chi connectivity index (χ1) is 11.0. The van der Waals surface area contributed by atoms with Gasteiger partial charge in [-0.15, -0.1) is 0 Å². The number of amides is 1. The van der Waals surface area contributed by atoms with Crippen LogP contribution >= 0.6 is 11.8 Å². The molecular weight excluding hydrogens is 310 g/mol. The average molecular weight is 335 g/mol. The molecule has 0 radical (unpaired) electrons. The van der Waals surface area contributed by atoms with Crippen molar-refractivity contribution in [3.05, 3.63) is 18.7 Å². The quantitative estimate of drug-likeness (QED) is 0.840. The Bertz CT molecular complexity index is 561. The van der Waals surface area contributed by atoms with Gasteiger partial charge in [0.25, 0.3) is 0 Å². The predicted octanol–water partition coefficient (Wildman–Crippen LogP) is 1.69. The molecule has 0 bridgehead atoms. The van der Waals surface area contributed by atoms with Crippen LogP contribution in [0.3, 0.4) is 0 Å². The van der Waals surface area contributed by atoms with E-state index in [9.17, 15) is 4.79 Å². The molecule has 0 aromatic carbocycles. The highest BCUT2D eigenvalue weighted by atomic mass is 32.2. The first-order valence-corrected chi connectivity index (χ1v) is 9.07. The van der Waals surface area contributed by atoms with E-state index in [1.165, 1.54) is 0 Å². The van der Waals surface area contributed by atoms with Crippen LogP contribution in [0, 0.1) is 0 Å². The smallest absolute Gasteiger partial charge is 0.222 e. The standard InChI is InChI=1S/C16H25N5OS/c1-16(2)12-18-15(23-16)21-10-8-20(9-11-21)14(22)4-3-6-19-7-5-17-13-19/h5,7,13H,3-4,6,8-12H2,1-2H3. The van der Waals surface area contributed by atoms with E-state index in [1.54, 1.807) is 12.5 Å². The van der Waals surface area contributed by atoms with Gasteiger partial charge in [-0.3, -0.25) is 9.79 Å². The number of aromatic nitrogens is 2. The maximum Gasteiger partial charge on any atom is 0.222 e. The van der Waals surface area contributed by atoms with E-state index < -0.39 is 0 Å². The van der Waals surface area contributed by atoms with Gasteiger partial charge < -0.3 is 14.4 Å². The zero-order chi connectivity index (χ0) is 16.3. The van der Waals surface area contributed by atoms with Crippen molar-refractivity contribution in [1.29, 1.82) is 0 Å². The molecule has 3 rings (SSSR count). The third-order valence-electron chi connectivity index (χ3n) is 4.23. The number of amidine groups is 1. The zero-order valence-electron chi connectivity index (χ0n) is 13.9. The highest BCUT2D eigenvalue weighted by molar-refractivity contribution is 8.15. The van der Waals surface area contributed by atoms with Gasteiger partial charge in [0.15, 0.2) is 5.17 Å². The molecule has 2 aliphatic heterocycles. The Morgan fingerprint density at radius 1 is 1.30 bits per heavy atom. The van der Waals surface area contributed by atoms with Gasteiger partial charge in [-0.1, -0.05) is 11.8 Å². The van der Waals surface area contributed by atoms with Crippen molar-refractivity contribution in [2.75, 3.05) is 32.7 Å². The predicted molar refractivity (Wildman–Crippen MR) is 93.6 cm³/mol. The number of imidazole rings is 1. The van der Waals surface area contributed by atoms with Crippen LogP contribution in [0.5, 0.6) is 0 Å². The summed E-state index contributed by atoms with van der Waals surface area (Å²) < 4.78 is 2.23. The molecule has 23 heavy (non-hydrogen) atoms. The van der Waals surface area contributed by atoms with Crippen molar-refractivity contribution in [2.45, 2.75) is 38.0 Å². The summed E-state index contributed by atoms with van der Waals surface area (Å²) in [5.74, 6) is 0.270. The first kappa shape index (κ1) is 16.4. The third-order valence-corrected chi connectivity index (χ3v) is 5.48. The maximum absolute atomic E-state index is 12.3. The zero-order valence-corrected chi connectivity index (χ0v) is 14.8. The minimum atomic E-state index is 0.218. The van der Waals surface area contributed by atoms with Gasteiger partial charge >= 0.3 is 0 Å². The summed E-state index contributed by atoms with van der Waals surface area (Å²) in [7, 11) is 0. The Morgan fingerprint density at radius 2 is 2.09 bits per heavy atom. The number of aryl methyl sites for hydroxylation is 1. The van der Waals surface area contributed by atoms with Gasteiger partial charge in [-0.2, -0.15) is 0 Å². The van der Waals surface area contributed by atoms with E-state index in [0.29, 0.717) is 6.42 Å². The van der Waals surface area contributed by atoms with Gasteiger partial charge in [-0.05, 0) is 20.3 Å². The first-order valence-electron chi connectivity index (χ1n) is 8.25. The average Bonchev–Trinajstić information content (AvgIpc) is 3.17. The Balaban J connectivity index is 1.39. The van der Waals surface area contributed by atoms with E-state index in [4.69, 9.17) is 0 Å². The lowest BCUT2D eigenvalue weighted by Crippen LogP contribution is -2.50. The van der Waals surface area contributed by atoms with Crippen molar-refractivity contribution >= 4 is 22.8 Å². The molecule has 1 aromatic rings. The van der Waals surface area contributed by atoms with Gasteiger partial charge in [0.1, 0.15) is 0 Å². The van der Waals surface area contributed by atoms with Crippen LogP contribution in [0.25, 0.3) is 0 Å². The lowest BCUT2D eigenvalue weighted by molar-refractivity contribution is -0.132. The molecule has 0 atom stereocenters. The molecule has 126 valence electrons. The summed E-state index contributed by atoms with van der Waals surface area (Å²) in [5.41, 5.74) is 0. The molecule has 0 aliphatic carbocycles. The van der Waals surface area contributed by atoms with Gasteiger partial charge in [-0.25, -0.2) is 4.98 Å². The second kappa shape index (κ2) is 6.95. The van der Waals surface area contributed by atoms with Gasteiger partial charge in [0.05, 0.1) is 12.9 Å². The number of hydrogen-bond acceptors (Lipinski definition) is 5. The summed E-state index contributed by atoms with van der Waals surface area (Å²) in [6, 6.07) is 0. The van der Waals surface area contributed by atoms with Crippen LogP contribution < -0.4 is 0 Å². The fourth-order valence-electron chi connectivity index (χ4n) is 2.87. The number of carbonyl (C=O) groups excluding carboxylic acids is 1. The van der Waals surface area contributed by atoms with Crippen molar-refractivity contribution in [2.24, 2.45) is 4.99 Å². The minimum absolute atomic E-state index is 0.218. The van der Waals surface area contributed by atoms with Crippen LogP contribution in [-0.4, -0.2) is 67.9 Å². The van der Waals surface area contributed by atoms with E-state index in [0.717, 1.165) is 50.9 Å². The molecule has 6 nitrogen and oxygen atoms in total. The van der Waals surface area contributed by atoms with Crippen molar-refractivity contribution in [3.63, 3.8) is 0 Å². The lowest BCUT2D eigenvalue weighted by atomic mass is 10.2. The highest BCUT2D eigenvalue weighted by Gasteiger charge is 2.32. The second-order valence-corrected chi connectivity index (χ2v) is 8.41. The fraction of sp³-hybridized carbons (Fsp3) is 0.688. The number of thioether (sulfide) groups is 1. The molecule has 0 N–H and O–H groups in total. The minimum Gasteiger partial charge on any atom is -0.348 e. The Morgan fingerprint density at radius 3 is 2.70 bits per heavy atom. The molecular formula is C16H25N5OS. The monoisotopic (exact) mass is 335 g/mol. The second-order valence-electron chi connectivity index (χ2n) is 6.73. The molecule has 0 saturated carbocycles. The number of hydrogen-bond donors (Lipinski definition) is 0. The molecule has 2 aliphatic rings. The summed E-state index contributed by atoms with van der Waals surface area (Å²) in [6.45, 7) is 9.62. The Kier molecular flexibility index (Phi) is 4.94. The SMILES string of the molecule is CC1(C)CN=C(N2CCN(C(=O)CCCn3ccnc3)CC2)S1. The van der Waals surface area contributed by atoms with Crippen molar-refractivity contribution in [3.8, 4) is 0 Å². The summed E-state index contributed by atoms with van der Waals surface area (Å²) in [5, 5.41) is 1.15. The lowest BCUT2D eigenvalue weighted by Gasteiger charge is -2.36. The largest absolute Gasteiger partial charge is 0.348 e. The molecule has 1 aromatic heterocycles. The van der Waals surface area contributed by atoms with Crippen LogP contribution in [0.4, 0.5) is 0 Å². The number of nitrogens with zero attached hydrogens (tertiary/aromatic N) is 5. The van der Waals surface area contributed by atoms with Crippen LogP contribution in [0.1, 0.15) is 26.7 Å². The highest BCUT2D eigenvalue weighted by Crippen LogP contribution is 2.33. The van der Waals surface area contributed by atoms with E-state index in [-0.39, 0.29) is 10.7 Å². The number of aliphatic imine (C=N–C) groups is 1. The van der Waals surface area contributed by atoms with E-state index in [1.807, 2.05) is 27.4 Å². The molecule has 1 amide bonds. The molecule has 3 heterocycles. The van der Waals surface area contributed by atoms with Gasteiger partial charge in [0, 0.05) is 56.3 Å². The number of carbonyl (C=O) groups is 1. The van der Waals surface area contributed by atoms with E-state index >= 15 is 0 Å². The maximum atomic E-state index is 12.3. The summed E-state index contributed by atoms with van der Waals surface area (Å²) in [6.07, 6.45) is 6.98. The fourth-order valence-corrected chi connectivity index (χ4v) is 3.94. The van der Waals surface area contributed by atoms with Crippen LogP contribution in [-0.2, 0) is 11.3 Å². The Labute approximate surface area is 142 Å². The molecule has 7 heteroatoms. The molecule has 1 fully saturated rings. The van der Waals surface area contributed by atoms with Crippen LogP contribution in [0.2, 0.25) is 0 Å². The molecule has 0 unspecified atom stereocenters. The normalized spacial score (nSPS) is 20.7. The number of rotatable bonds is 4. The summed E-state index contributed by atoms with van der Waals surface area (Å²) in [4.78, 5) is 25.3. The van der Waals surface area contributed by atoms with Crippen molar-refractivity contribution < 1.29 is 4.79 Å².